The fourth-order valence-electron chi connectivity index (χ4n) is 3.51. The Balaban J connectivity index is 1.28. The Morgan fingerprint density at radius 1 is 1.12 bits per heavy atom. The number of amides is 1. The van der Waals surface area contributed by atoms with Crippen molar-refractivity contribution in [2.75, 3.05) is 33.5 Å². The summed E-state index contributed by atoms with van der Waals surface area (Å²) in [5.41, 5.74) is 0.917. The van der Waals surface area contributed by atoms with Gasteiger partial charge >= 0.3 is 0 Å². The molecule has 1 unspecified atom stereocenters. The summed E-state index contributed by atoms with van der Waals surface area (Å²) in [5.74, 6) is 2.06. The molecular weight excluding hydrogens is 446 g/mol. The summed E-state index contributed by atoms with van der Waals surface area (Å²) in [6.07, 6.45) is 3.96. The number of ether oxygens (including phenoxy) is 4. The molecule has 2 aliphatic rings. The highest BCUT2D eigenvalue weighted by atomic mass is 32.2. The largest absolute Gasteiger partial charge is 0.493 e. The molecule has 8 heteroatoms. The Bertz CT molecular complexity index is 986. The smallest absolute Gasteiger partial charge is 0.266 e. The van der Waals surface area contributed by atoms with E-state index in [1.807, 2.05) is 54.6 Å². The number of carbonyl (C=O) groups is 1. The lowest BCUT2D eigenvalue weighted by Gasteiger charge is -2.18. The van der Waals surface area contributed by atoms with Gasteiger partial charge in [0.2, 0.25) is 0 Å². The van der Waals surface area contributed by atoms with Crippen LogP contribution in [0.3, 0.4) is 0 Å². The molecule has 0 bridgehead atoms. The second kappa shape index (κ2) is 10.8. The van der Waals surface area contributed by atoms with E-state index in [1.54, 1.807) is 12.0 Å². The first-order valence-corrected chi connectivity index (χ1v) is 11.7. The zero-order valence-corrected chi connectivity index (χ0v) is 19.5. The molecule has 1 amide bonds. The number of benzene rings is 2. The van der Waals surface area contributed by atoms with Gasteiger partial charge in [-0.1, -0.05) is 48.2 Å². The highest BCUT2D eigenvalue weighted by molar-refractivity contribution is 8.26. The molecule has 0 N–H and O–H groups in total. The van der Waals surface area contributed by atoms with Crippen molar-refractivity contribution in [3.05, 3.63) is 59.0 Å². The van der Waals surface area contributed by atoms with E-state index in [2.05, 4.69) is 0 Å². The number of para-hydroxylation sites is 2. The lowest BCUT2D eigenvalue weighted by molar-refractivity contribution is -0.123. The van der Waals surface area contributed by atoms with E-state index in [9.17, 15) is 4.79 Å². The number of hydrogen-bond acceptors (Lipinski definition) is 7. The fourth-order valence-corrected chi connectivity index (χ4v) is 4.79. The van der Waals surface area contributed by atoms with Crippen LogP contribution in [0.5, 0.6) is 17.2 Å². The number of nitrogens with zero attached hydrogens (tertiary/aromatic N) is 1. The zero-order chi connectivity index (χ0) is 22.3. The summed E-state index contributed by atoms with van der Waals surface area (Å²) in [6.45, 7) is 2.09. The number of carbonyl (C=O) groups excluding carboxylic acids is 1. The third-order valence-corrected chi connectivity index (χ3v) is 6.52. The van der Waals surface area contributed by atoms with Gasteiger partial charge in [0.15, 0.2) is 11.5 Å². The number of thiocarbonyl (C=S) groups is 1. The maximum atomic E-state index is 12.8. The minimum Gasteiger partial charge on any atom is -0.493 e. The summed E-state index contributed by atoms with van der Waals surface area (Å²) in [6, 6.07) is 15.1. The van der Waals surface area contributed by atoms with Gasteiger partial charge in [-0.2, -0.15) is 0 Å². The van der Waals surface area contributed by atoms with Crippen LogP contribution in [0.2, 0.25) is 0 Å². The van der Waals surface area contributed by atoms with Gasteiger partial charge in [0.05, 0.1) is 24.7 Å². The minimum atomic E-state index is -0.0516. The quantitative estimate of drug-likeness (QED) is 0.302. The van der Waals surface area contributed by atoms with Crippen molar-refractivity contribution >= 4 is 40.3 Å². The summed E-state index contributed by atoms with van der Waals surface area (Å²) >= 11 is 6.75. The third kappa shape index (κ3) is 5.62. The molecule has 2 aliphatic heterocycles. The molecule has 1 atom stereocenters. The van der Waals surface area contributed by atoms with E-state index in [4.69, 9.17) is 31.2 Å². The van der Waals surface area contributed by atoms with Gasteiger partial charge in [0.25, 0.3) is 5.91 Å². The van der Waals surface area contributed by atoms with Gasteiger partial charge in [-0.05, 0) is 48.7 Å². The van der Waals surface area contributed by atoms with Crippen molar-refractivity contribution in [3.63, 3.8) is 0 Å². The molecule has 6 nitrogen and oxygen atoms in total. The Morgan fingerprint density at radius 2 is 1.88 bits per heavy atom. The molecule has 2 saturated heterocycles. The first kappa shape index (κ1) is 22.6. The Hall–Kier alpha value is -2.55. The van der Waals surface area contributed by atoms with Crippen molar-refractivity contribution in [2.45, 2.75) is 18.9 Å². The minimum absolute atomic E-state index is 0.0516. The number of rotatable bonds is 9. The Kier molecular flexibility index (Phi) is 7.68. The molecule has 0 radical (unpaired) electrons. The fraction of sp³-hybridized carbons (Fsp3) is 0.333. The molecule has 2 heterocycles. The van der Waals surface area contributed by atoms with Gasteiger partial charge in [-0.25, -0.2) is 0 Å². The highest BCUT2D eigenvalue weighted by Crippen LogP contribution is 2.33. The van der Waals surface area contributed by atoms with Crippen molar-refractivity contribution in [1.29, 1.82) is 0 Å². The van der Waals surface area contributed by atoms with Crippen LogP contribution in [0.4, 0.5) is 0 Å². The van der Waals surface area contributed by atoms with Crippen molar-refractivity contribution in [1.82, 2.24) is 4.90 Å². The van der Waals surface area contributed by atoms with Crippen LogP contribution in [0.25, 0.3) is 6.08 Å². The van der Waals surface area contributed by atoms with E-state index < -0.39 is 0 Å². The third-order valence-electron chi connectivity index (χ3n) is 5.14. The maximum Gasteiger partial charge on any atom is 0.266 e. The van der Waals surface area contributed by atoms with Crippen LogP contribution in [0, 0.1) is 0 Å². The van der Waals surface area contributed by atoms with Crippen molar-refractivity contribution in [3.8, 4) is 17.2 Å². The molecule has 0 aliphatic carbocycles. The predicted octanol–water partition coefficient (Wildman–Crippen LogP) is 4.53. The van der Waals surface area contributed by atoms with Gasteiger partial charge in [-0.3, -0.25) is 9.69 Å². The van der Waals surface area contributed by atoms with Crippen LogP contribution in [-0.2, 0) is 9.53 Å². The number of methoxy groups -OCH3 is 1. The Morgan fingerprint density at radius 3 is 2.59 bits per heavy atom. The number of thioether (sulfide) groups is 1. The molecule has 2 aromatic carbocycles. The van der Waals surface area contributed by atoms with Crippen LogP contribution in [0.15, 0.2) is 53.4 Å². The Labute approximate surface area is 197 Å². The van der Waals surface area contributed by atoms with Crippen LogP contribution in [-0.4, -0.2) is 54.7 Å². The average Bonchev–Trinajstić information content (AvgIpc) is 3.42. The molecule has 0 spiro atoms. The second-order valence-corrected chi connectivity index (χ2v) is 9.02. The van der Waals surface area contributed by atoms with E-state index in [0.717, 1.165) is 30.8 Å². The monoisotopic (exact) mass is 471 g/mol. The van der Waals surface area contributed by atoms with E-state index in [0.29, 0.717) is 40.5 Å². The molecule has 0 aromatic heterocycles. The molecule has 168 valence electrons. The molecule has 4 rings (SSSR count). The predicted molar refractivity (Wildman–Crippen MR) is 129 cm³/mol. The van der Waals surface area contributed by atoms with Gasteiger partial charge in [0.1, 0.15) is 23.3 Å². The zero-order valence-electron chi connectivity index (χ0n) is 17.8. The lowest BCUT2D eigenvalue weighted by atomic mass is 10.2. The van der Waals surface area contributed by atoms with Crippen LogP contribution < -0.4 is 14.2 Å². The summed E-state index contributed by atoms with van der Waals surface area (Å²) in [7, 11) is 1.61. The first-order chi connectivity index (χ1) is 15.6. The van der Waals surface area contributed by atoms with E-state index in [1.165, 1.54) is 11.8 Å². The summed E-state index contributed by atoms with van der Waals surface area (Å²) in [4.78, 5) is 15.0. The molecule has 2 aromatic rings. The molecular formula is C24H25NO5S2. The SMILES string of the molecule is COc1ccccc1OCCOc1ccc(C=C2SC(=S)N(CC3CCCO3)C2=O)cc1. The van der Waals surface area contributed by atoms with Gasteiger partial charge in [0, 0.05) is 6.61 Å². The van der Waals surface area contributed by atoms with Crippen LogP contribution in [0.1, 0.15) is 18.4 Å². The number of hydrogen-bond donors (Lipinski definition) is 0. The molecule has 0 saturated carbocycles. The normalized spacial score (nSPS) is 19.6. The molecule has 2 fully saturated rings. The maximum absolute atomic E-state index is 12.8. The molecule has 32 heavy (non-hydrogen) atoms. The van der Waals surface area contributed by atoms with Crippen LogP contribution >= 0.6 is 24.0 Å². The standard InChI is InChI=1S/C24H25NO5S2/c1-27-20-6-2-3-7-21(20)30-14-13-29-18-10-8-17(9-11-18)15-22-23(26)25(24(31)32-22)16-19-5-4-12-28-19/h2-3,6-11,15,19H,4-5,12-14,16H2,1H3. The second-order valence-electron chi connectivity index (χ2n) is 7.34. The topological polar surface area (TPSA) is 57.2 Å². The van der Waals surface area contributed by atoms with Gasteiger partial charge in [-0.15, -0.1) is 0 Å². The highest BCUT2D eigenvalue weighted by Gasteiger charge is 2.34. The first-order valence-electron chi connectivity index (χ1n) is 10.5. The van der Waals surface area contributed by atoms with Crippen molar-refractivity contribution < 1.29 is 23.7 Å². The summed E-state index contributed by atoms with van der Waals surface area (Å²) in [5, 5.41) is 0. The van der Waals surface area contributed by atoms with Gasteiger partial charge < -0.3 is 18.9 Å². The van der Waals surface area contributed by atoms with Crippen molar-refractivity contribution in [2.24, 2.45) is 0 Å². The van der Waals surface area contributed by atoms with E-state index in [-0.39, 0.29) is 12.0 Å². The van der Waals surface area contributed by atoms with E-state index >= 15 is 0 Å². The lowest BCUT2D eigenvalue weighted by Crippen LogP contribution is -2.35. The average molecular weight is 472 g/mol. The summed E-state index contributed by atoms with van der Waals surface area (Å²) < 4.78 is 23.0.